The number of nitrogens with one attached hydrogen (secondary N) is 1. The minimum atomic E-state index is -0.491. The van der Waals surface area contributed by atoms with E-state index in [0.717, 1.165) is 31.4 Å². The summed E-state index contributed by atoms with van der Waals surface area (Å²) in [6.45, 7) is 5.00. The lowest BCUT2D eigenvalue weighted by molar-refractivity contribution is -0.121. The van der Waals surface area contributed by atoms with Crippen LogP contribution in [0.25, 0.3) is 0 Å². The molecule has 0 fully saturated rings. The second kappa shape index (κ2) is 20.5. The van der Waals surface area contributed by atoms with E-state index in [9.17, 15) is 9.59 Å². The van der Waals surface area contributed by atoms with Crippen molar-refractivity contribution in [2.75, 3.05) is 13.7 Å². The van der Waals surface area contributed by atoms with Crippen LogP contribution in [0.3, 0.4) is 0 Å². The Balaban J connectivity index is 1.69. The van der Waals surface area contributed by atoms with Crippen LogP contribution >= 0.6 is 0 Å². The van der Waals surface area contributed by atoms with Crippen LogP contribution in [0.2, 0.25) is 0 Å². The summed E-state index contributed by atoms with van der Waals surface area (Å²) in [4.78, 5) is 24.7. The molecule has 220 valence electrons. The molecule has 7 nitrogen and oxygen atoms in total. The molecule has 2 aromatic rings. The predicted molar refractivity (Wildman–Crippen MR) is 162 cm³/mol. The van der Waals surface area contributed by atoms with E-state index in [1.54, 1.807) is 48.7 Å². The summed E-state index contributed by atoms with van der Waals surface area (Å²) in [5, 5.41) is 4.06. The van der Waals surface area contributed by atoms with Gasteiger partial charge in [-0.1, -0.05) is 84.5 Å². The van der Waals surface area contributed by atoms with Crippen molar-refractivity contribution in [2.45, 2.75) is 104 Å². The van der Waals surface area contributed by atoms with Crippen molar-refractivity contribution in [2.24, 2.45) is 5.10 Å². The quantitative estimate of drug-likeness (QED) is 0.0554. The second-order valence-electron chi connectivity index (χ2n) is 10.1. The molecule has 0 aliphatic carbocycles. The van der Waals surface area contributed by atoms with Crippen LogP contribution in [0.5, 0.6) is 17.2 Å². The van der Waals surface area contributed by atoms with Crippen molar-refractivity contribution in [3.63, 3.8) is 0 Å². The molecule has 0 atom stereocenters. The predicted octanol–water partition coefficient (Wildman–Crippen LogP) is 8.24. The third-order valence-electron chi connectivity index (χ3n) is 6.66. The number of methoxy groups -OCH3 is 1. The van der Waals surface area contributed by atoms with Gasteiger partial charge in [0.1, 0.15) is 5.75 Å². The molecule has 0 aliphatic heterocycles. The first-order valence-electron chi connectivity index (χ1n) is 15.0. The molecule has 0 aliphatic rings. The molecule has 0 bridgehead atoms. The summed E-state index contributed by atoms with van der Waals surface area (Å²) in [6, 6.07) is 12.0. The zero-order valence-electron chi connectivity index (χ0n) is 24.7. The highest BCUT2D eigenvalue weighted by molar-refractivity contribution is 5.91. The number of carbonyl (C=O) groups excluding carboxylic acids is 2. The van der Waals surface area contributed by atoms with E-state index < -0.39 is 5.97 Å². The Morgan fingerprint density at radius 3 is 2.02 bits per heavy atom. The van der Waals surface area contributed by atoms with Crippen LogP contribution in [0, 0.1) is 0 Å². The first kappa shape index (κ1) is 32.9. The Hall–Kier alpha value is -3.35. The van der Waals surface area contributed by atoms with Crippen molar-refractivity contribution in [3.8, 4) is 17.2 Å². The number of ether oxygens (including phenoxy) is 3. The molecule has 0 saturated carbocycles. The monoisotopic (exact) mass is 552 g/mol. The minimum absolute atomic E-state index is 0.0912. The van der Waals surface area contributed by atoms with Gasteiger partial charge in [0.15, 0.2) is 11.5 Å². The Morgan fingerprint density at radius 1 is 0.775 bits per heavy atom. The van der Waals surface area contributed by atoms with Crippen molar-refractivity contribution in [1.82, 2.24) is 5.43 Å². The number of hydrogen-bond acceptors (Lipinski definition) is 6. The van der Waals surface area contributed by atoms with Gasteiger partial charge in [-0.25, -0.2) is 10.2 Å². The van der Waals surface area contributed by atoms with Gasteiger partial charge in [-0.15, -0.1) is 0 Å². The highest BCUT2D eigenvalue weighted by atomic mass is 16.6. The summed E-state index contributed by atoms with van der Waals surface area (Å²) >= 11 is 0. The zero-order chi connectivity index (χ0) is 28.8. The van der Waals surface area contributed by atoms with Gasteiger partial charge in [0.25, 0.3) is 0 Å². The number of hydrazone groups is 1. The van der Waals surface area contributed by atoms with Gasteiger partial charge < -0.3 is 14.2 Å². The Labute approximate surface area is 240 Å². The van der Waals surface area contributed by atoms with Crippen LogP contribution in [0.4, 0.5) is 0 Å². The van der Waals surface area contributed by atoms with Crippen molar-refractivity contribution >= 4 is 18.1 Å². The van der Waals surface area contributed by atoms with Gasteiger partial charge >= 0.3 is 5.97 Å². The lowest BCUT2D eigenvalue weighted by Gasteiger charge is -2.10. The maximum atomic E-state index is 12.6. The molecule has 0 heterocycles. The van der Waals surface area contributed by atoms with E-state index in [2.05, 4.69) is 24.4 Å². The topological polar surface area (TPSA) is 86.2 Å². The van der Waals surface area contributed by atoms with Gasteiger partial charge in [0.05, 0.1) is 25.5 Å². The lowest BCUT2D eigenvalue weighted by atomic mass is 10.1. The number of esters is 1. The molecule has 0 saturated heterocycles. The number of carbonyl (C=O) groups is 2. The fourth-order valence-corrected chi connectivity index (χ4v) is 4.21. The molecule has 0 aromatic heterocycles. The molecular weight excluding hydrogens is 504 g/mol. The summed E-state index contributed by atoms with van der Waals surface area (Å²) in [7, 11) is 1.51. The first-order chi connectivity index (χ1) is 19.6. The standard InChI is InChI=1S/C33H48N2O5/c1-4-6-8-9-10-11-12-13-14-15-16-17-32(36)35-34-26-27-18-23-30(31(25-27)38-3)40-33(37)28-19-21-29(22-20-28)39-24-7-5-2/h18-23,25-26H,4-17,24H2,1-3H3,(H,35,36)/b34-26-. The molecule has 0 spiro atoms. The number of hydrogen-bond donors (Lipinski definition) is 1. The normalized spacial score (nSPS) is 11.0. The molecule has 1 amide bonds. The molecule has 0 unspecified atom stereocenters. The van der Waals surface area contributed by atoms with E-state index in [4.69, 9.17) is 14.2 Å². The van der Waals surface area contributed by atoms with Gasteiger partial charge in [-0.05, 0) is 60.9 Å². The van der Waals surface area contributed by atoms with E-state index in [-0.39, 0.29) is 5.91 Å². The van der Waals surface area contributed by atoms with Crippen LogP contribution in [0.15, 0.2) is 47.6 Å². The summed E-state index contributed by atoms with van der Waals surface area (Å²) in [5.41, 5.74) is 3.71. The van der Waals surface area contributed by atoms with E-state index in [1.807, 2.05) is 0 Å². The largest absolute Gasteiger partial charge is 0.494 e. The number of rotatable bonds is 21. The van der Waals surface area contributed by atoms with Gasteiger partial charge in [0, 0.05) is 6.42 Å². The van der Waals surface area contributed by atoms with E-state index in [0.29, 0.717) is 35.7 Å². The Bertz CT molecular complexity index is 1020. The van der Waals surface area contributed by atoms with Crippen molar-refractivity contribution in [1.29, 1.82) is 0 Å². The minimum Gasteiger partial charge on any atom is -0.494 e. The van der Waals surface area contributed by atoms with Crippen LogP contribution < -0.4 is 19.6 Å². The summed E-state index contributed by atoms with van der Waals surface area (Å²) < 4.78 is 16.6. The molecule has 1 N–H and O–H groups in total. The molecule has 40 heavy (non-hydrogen) atoms. The number of amides is 1. The van der Waals surface area contributed by atoms with E-state index in [1.165, 1.54) is 64.9 Å². The Kier molecular flexibility index (Phi) is 16.9. The number of unbranched alkanes of at least 4 members (excludes halogenated alkanes) is 11. The second-order valence-corrected chi connectivity index (χ2v) is 10.1. The molecule has 7 heteroatoms. The maximum Gasteiger partial charge on any atom is 0.343 e. The Morgan fingerprint density at radius 2 is 1.40 bits per heavy atom. The third kappa shape index (κ3) is 13.6. The van der Waals surface area contributed by atoms with Crippen LogP contribution in [0.1, 0.15) is 120 Å². The molecule has 0 radical (unpaired) electrons. The maximum absolute atomic E-state index is 12.6. The molecule has 2 rings (SSSR count). The summed E-state index contributed by atoms with van der Waals surface area (Å²) in [5.74, 6) is 0.829. The average Bonchev–Trinajstić information content (AvgIpc) is 2.97. The molecule has 2 aromatic carbocycles. The zero-order valence-corrected chi connectivity index (χ0v) is 24.7. The highest BCUT2D eigenvalue weighted by Crippen LogP contribution is 2.28. The smallest absolute Gasteiger partial charge is 0.343 e. The lowest BCUT2D eigenvalue weighted by Crippen LogP contribution is -2.16. The van der Waals surface area contributed by atoms with Gasteiger partial charge in [-0.3, -0.25) is 4.79 Å². The van der Waals surface area contributed by atoms with Gasteiger partial charge in [0.2, 0.25) is 5.91 Å². The van der Waals surface area contributed by atoms with Crippen LogP contribution in [-0.4, -0.2) is 31.8 Å². The molecular formula is C33H48N2O5. The van der Waals surface area contributed by atoms with Crippen molar-refractivity contribution in [3.05, 3.63) is 53.6 Å². The first-order valence-corrected chi connectivity index (χ1v) is 15.0. The van der Waals surface area contributed by atoms with E-state index >= 15 is 0 Å². The van der Waals surface area contributed by atoms with Crippen LogP contribution in [-0.2, 0) is 4.79 Å². The van der Waals surface area contributed by atoms with Crippen molar-refractivity contribution < 1.29 is 23.8 Å². The SMILES string of the molecule is CCCCCCCCCCCCCC(=O)N/N=C\c1ccc(OC(=O)c2ccc(OCCCC)cc2)c(OC)c1. The van der Waals surface area contributed by atoms with Gasteiger partial charge in [-0.2, -0.15) is 5.10 Å². The fourth-order valence-electron chi connectivity index (χ4n) is 4.21. The average molecular weight is 553 g/mol. The number of benzene rings is 2. The fraction of sp³-hybridized carbons (Fsp3) is 0.545. The number of nitrogens with zero attached hydrogens (tertiary/aromatic N) is 1. The third-order valence-corrected chi connectivity index (χ3v) is 6.66. The highest BCUT2D eigenvalue weighted by Gasteiger charge is 2.13. The summed E-state index contributed by atoms with van der Waals surface area (Å²) in [6.07, 6.45) is 17.8.